The minimum Gasteiger partial charge on any atom is -0.488 e. The standard InChI is InChI=1S/C19H18F4O3S/c1-3-18(24)26-16-6-4-5-12(10-27)13(16)9-25-17-8-15(20)11(2)7-14(17)19(21,22)23/h4-8,27H,3,9-10H2,1-2H3. The van der Waals surface area contributed by atoms with Crippen LogP contribution >= 0.6 is 12.6 Å². The minimum atomic E-state index is -4.70. The second-order valence-electron chi connectivity index (χ2n) is 5.76. The number of hydrogen-bond acceptors (Lipinski definition) is 4. The van der Waals surface area contributed by atoms with Crippen LogP contribution < -0.4 is 9.47 Å². The van der Waals surface area contributed by atoms with Crippen molar-refractivity contribution in [1.29, 1.82) is 0 Å². The van der Waals surface area contributed by atoms with Crippen LogP contribution in [0.4, 0.5) is 17.6 Å². The van der Waals surface area contributed by atoms with Gasteiger partial charge in [-0.05, 0) is 30.2 Å². The first-order chi connectivity index (χ1) is 12.7. The van der Waals surface area contributed by atoms with Crippen molar-refractivity contribution in [3.05, 3.63) is 58.4 Å². The number of thiol groups is 1. The van der Waals surface area contributed by atoms with Gasteiger partial charge in [0.2, 0.25) is 0 Å². The van der Waals surface area contributed by atoms with Gasteiger partial charge in [-0.2, -0.15) is 25.8 Å². The number of alkyl halides is 3. The zero-order valence-corrected chi connectivity index (χ0v) is 15.6. The molecule has 0 atom stereocenters. The number of halogens is 4. The van der Waals surface area contributed by atoms with Crippen LogP contribution in [0.25, 0.3) is 0 Å². The SMILES string of the molecule is CCC(=O)Oc1cccc(CS)c1COc1cc(F)c(C)cc1C(F)(F)F. The molecule has 0 amide bonds. The largest absolute Gasteiger partial charge is 0.488 e. The molecule has 2 aromatic rings. The zero-order valence-electron chi connectivity index (χ0n) is 14.7. The average molecular weight is 402 g/mol. The quantitative estimate of drug-likeness (QED) is 0.301. The van der Waals surface area contributed by atoms with Gasteiger partial charge in [0.15, 0.2) is 0 Å². The summed E-state index contributed by atoms with van der Waals surface area (Å²) in [6.07, 6.45) is -4.57. The predicted molar refractivity (Wildman–Crippen MR) is 95.5 cm³/mol. The Labute approximate surface area is 159 Å². The molecule has 0 aliphatic rings. The summed E-state index contributed by atoms with van der Waals surface area (Å²) in [6.45, 7) is 2.52. The summed E-state index contributed by atoms with van der Waals surface area (Å²) in [4.78, 5) is 11.6. The number of hydrogen-bond donors (Lipinski definition) is 1. The molecule has 2 aromatic carbocycles. The number of rotatable bonds is 6. The molecule has 0 heterocycles. The van der Waals surface area contributed by atoms with Crippen LogP contribution in [-0.4, -0.2) is 5.97 Å². The Kier molecular flexibility index (Phi) is 6.75. The lowest BCUT2D eigenvalue weighted by Gasteiger charge is -2.18. The van der Waals surface area contributed by atoms with E-state index in [1.165, 1.54) is 13.0 Å². The Morgan fingerprint density at radius 2 is 1.89 bits per heavy atom. The van der Waals surface area contributed by atoms with E-state index in [0.29, 0.717) is 23.3 Å². The lowest BCUT2D eigenvalue weighted by atomic mass is 10.1. The Morgan fingerprint density at radius 3 is 2.48 bits per heavy atom. The Hall–Kier alpha value is -2.22. The normalized spacial score (nSPS) is 11.4. The Balaban J connectivity index is 2.39. The van der Waals surface area contributed by atoms with Crippen LogP contribution in [0.2, 0.25) is 0 Å². The lowest BCUT2D eigenvalue weighted by molar-refractivity contribution is -0.139. The van der Waals surface area contributed by atoms with Crippen molar-refractivity contribution in [1.82, 2.24) is 0 Å². The van der Waals surface area contributed by atoms with Crippen molar-refractivity contribution < 1.29 is 31.8 Å². The van der Waals surface area contributed by atoms with Gasteiger partial charge in [-0.25, -0.2) is 4.39 Å². The van der Waals surface area contributed by atoms with Gasteiger partial charge in [0.25, 0.3) is 0 Å². The molecule has 0 fully saturated rings. The van der Waals surface area contributed by atoms with Crippen molar-refractivity contribution in [3.8, 4) is 11.5 Å². The van der Waals surface area contributed by atoms with Crippen LogP contribution in [0.3, 0.4) is 0 Å². The number of esters is 1. The van der Waals surface area contributed by atoms with Crippen molar-refractivity contribution >= 4 is 18.6 Å². The molecule has 0 aliphatic heterocycles. The van der Waals surface area contributed by atoms with Crippen LogP contribution in [0, 0.1) is 12.7 Å². The van der Waals surface area contributed by atoms with Crippen molar-refractivity contribution in [2.45, 2.75) is 38.8 Å². The van der Waals surface area contributed by atoms with Crippen molar-refractivity contribution in [2.24, 2.45) is 0 Å². The van der Waals surface area contributed by atoms with Gasteiger partial charge in [0.05, 0.1) is 5.56 Å². The zero-order chi connectivity index (χ0) is 20.2. The summed E-state index contributed by atoms with van der Waals surface area (Å²) < 4.78 is 64.0. The number of benzene rings is 2. The summed E-state index contributed by atoms with van der Waals surface area (Å²) in [6, 6.07) is 6.25. The summed E-state index contributed by atoms with van der Waals surface area (Å²) in [5.74, 6) is -1.50. The molecular formula is C19H18F4O3S. The Morgan fingerprint density at radius 1 is 1.19 bits per heavy atom. The number of carbonyl (C=O) groups excluding carboxylic acids is 1. The summed E-state index contributed by atoms with van der Waals surface area (Å²) in [5.41, 5.74) is -0.204. The maximum absolute atomic E-state index is 13.8. The predicted octanol–water partition coefficient (Wildman–Crippen LogP) is 5.48. The van der Waals surface area contributed by atoms with Crippen molar-refractivity contribution in [2.75, 3.05) is 0 Å². The molecule has 0 bridgehead atoms. The third kappa shape index (κ3) is 5.15. The van der Waals surface area contributed by atoms with Crippen LogP contribution in [0.5, 0.6) is 11.5 Å². The van der Waals surface area contributed by atoms with Crippen LogP contribution in [0.1, 0.15) is 35.6 Å². The molecule has 0 aromatic heterocycles. The summed E-state index contributed by atoms with van der Waals surface area (Å²) >= 11 is 4.18. The lowest BCUT2D eigenvalue weighted by Crippen LogP contribution is -2.12. The monoisotopic (exact) mass is 402 g/mol. The molecule has 3 nitrogen and oxygen atoms in total. The molecule has 0 saturated carbocycles. The minimum absolute atomic E-state index is 0.132. The maximum Gasteiger partial charge on any atom is 0.419 e. The van der Waals surface area contributed by atoms with E-state index in [2.05, 4.69) is 12.6 Å². The highest BCUT2D eigenvalue weighted by atomic mass is 32.1. The fraction of sp³-hybridized carbons (Fsp3) is 0.316. The average Bonchev–Trinajstić information content (AvgIpc) is 2.61. The van der Waals surface area contributed by atoms with Gasteiger partial charge in [-0.1, -0.05) is 19.1 Å². The van der Waals surface area contributed by atoms with E-state index >= 15 is 0 Å². The van der Waals surface area contributed by atoms with Gasteiger partial charge in [0.1, 0.15) is 23.9 Å². The molecule has 146 valence electrons. The van der Waals surface area contributed by atoms with E-state index in [-0.39, 0.29) is 30.1 Å². The molecular weight excluding hydrogens is 384 g/mol. The van der Waals surface area contributed by atoms with E-state index < -0.39 is 29.3 Å². The molecule has 27 heavy (non-hydrogen) atoms. The number of carbonyl (C=O) groups is 1. The van der Waals surface area contributed by atoms with Crippen LogP contribution in [0.15, 0.2) is 30.3 Å². The first-order valence-electron chi connectivity index (χ1n) is 8.09. The van der Waals surface area contributed by atoms with Gasteiger partial charge < -0.3 is 9.47 Å². The molecule has 0 unspecified atom stereocenters. The van der Waals surface area contributed by atoms with Crippen LogP contribution in [-0.2, 0) is 23.3 Å². The molecule has 0 radical (unpaired) electrons. The van der Waals surface area contributed by atoms with E-state index in [4.69, 9.17) is 9.47 Å². The fourth-order valence-electron chi connectivity index (χ4n) is 2.37. The highest BCUT2D eigenvalue weighted by molar-refractivity contribution is 7.79. The second-order valence-corrected chi connectivity index (χ2v) is 6.08. The first kappa shape index (κ1) is 21.1. The topological polar surface area (TPSA) is 35.5 Å². The fourth-order valence-corrected chi connectivity index (χ4v) is 2.66. The molecule has 0 N–H and O–H groups in total. The maximum atomic E-state index is 13.8. The van der Waals surface area contributed by atoms with E-state index in [1.54, 1.807) is 19.1 Å². The third-order valence-corrected chi connectivity index (χ3v) is 4.19. The first-order valence-corrected chi connectivity index (χ1v) is 8.73. The highest BCUT2D eigenvalue weighted by Gasteiger charge is 2.35. The van der Waals surface area contributed by atoms with E-state index in [9.17, 15) is 22.4 Å². The van der Waals surface area contributed by atoms with Gasteiger partial charge in [-0.15, -0.1) is 0 Å². The highest BCUT2D eigenvalue weighted by Crippen LogP contribution is 2.38. The second kappa shape index (κ2) is 8.65. The van der Waals surface area contributed by atoms with E-state index in [1.807, 2.05) is 0 Å². The van der Waals surface area contributed by atoms with E-state index in [0.717, 1.165) is 0 Å². The molecule has 2 rings (SSSR count). The number of ether oxygens (including phenoxy) is 2. The van der Waals surface area contributed by atoms with Gasteiger partial charge in [-0.3, -0.25) is 4.79 Å². The molecule has 0 saturated heterocycles. The summed E-state index contributed by atoms with van der Waals surface area (Å²) in [5, 5.41) is 0. The number of aryl methyl sites for hydroxylation is 1. The molecule has 0 spiro atoms. The molecule has 8 heteroatoms. The van der Waals surface area contributed by atoms with Gasteiger partial charge in [0, 0.05) is 23.8 Å². The van der Waals surface area contributed by atoms with Crippen molar-refractivity contribution in [3.63, 3.8) is 0 Å². The smallest absolute Gasteiger partial charge is 0.419 e. The summed E-state index contributed by atoms with van der Waals surface area (Å²) in [7, 11) is 0. The third-order valence-electron chi connectivity index (χ3n) is 3.85. The van der Waals surface area contributed by atoms with Gasteiger partial charge >= 0.3 is 12.1 Å². The molecule has 0 aliphatic carbocycles. The Bertz CT molecular complexity index is 834.